The lowest BCUT2D eigenvalue weighted by molar-refractivity contribution is -0.139. The van der Waals surface area contributed by atoms with Crippen LogP contribution in [-0.4, -0.2) is 40.9 Å². The number of halogens is 2. The van der Waals surface area contributed by atoms with E-state index in [1.54, 1.807) is 36.1 Å². The molecule has 0 spiro atoms. The molecular weight excluding hydrogens is 416 g/mol. The highest BCUT2D eigenvalue weighted by Gasteiger charge is 2.31. The summed E-state index contributed by atoms with van der Waals surface area (Å²) in [5.74, 6) is -2.10. The minimum Gasteiger partial charge on any atom is -0.478 e. The number of hydrogen-bond donors (Lipinski definition) is 1. The van der Waals surface area contributed by atoms with E-state index in [1.807, 2.05) is 0 Å². The highest BCUT2D eigenvalue weighted by Crippen LogP contribution is 2.31. The number of nitrogens with two attached hydrogens (primary N) is 1. The quantitative estimate of drug-likeness (QED) is 0.656. The highest BCUT2D eigenvalue weighted by atomic mass is 19.1. The zero-order valence-corrected chi connectivity index (χ0v) is 17.6. The second-order valence-corrected chi connectivity index (χ2v) is 7.94. The van der Waals surface area contributed by atoms with Crippen molar-refractivity contribution in [2.75, 3.05) is 13.1 Å². The van der Waals surface area contributed by atoms with Crippen molar-refractivity contribution in [2.24, 2.45) is 5.73 Å². The first-order valence-corrected chi connectivity index (χ1v) is 10.4. The third-order valence-corrected chi connectivity index (χ3v) is 5.68. The number of rotatable bonds is 5. The Morgan fingerprint density at radius 2 is 1.97 bits per heavy atom. The maximum absolute atomic E-state index is 13.9. The summed E-state index contributed by atoms with van der Waals surface area (Å²) in [5, 5.41) is 0.484. The van der Waals surface area contributed by atoms with Crippen LogP contribution in [-0.2, 0) is 4.79 Å². The summed E-state index contributed by atoms with van der Waals surface area (Å²) < 4.78 is 33.0. The predicted octanol–water partition coefficient (Wildman–Crippen LogP) is 3.79. The molecule has 0 saturated carbocycles. The molecule has 1 saturated heterocycles. The Hall–Kier alpha value is -3.55. The van der Waals surface area contributed by atoms with Crippen molar-refractivity contribution in [3.05, 3.63) is 71.4 Å². The van der Waals surface area contributed by atoms with Crippen LogP contribution in [0.4, 0.5) is 8.78 Å². The molecule has 32 heavy (non-hydrogen) atoms. The van der Waals surface area contributed by atoms with Crippen LogP contribution in [0, 0.1) is 11.6 Å². The van der Waals surface area contributed by atoms with Gasteiger partial charge in [-0.3, -0.25) is 14.6 Å². The van der Waals surface area contributed by atoms with Gasteiger partial charge < -0.3 is 15.4 Å². The average molecular weight is 439 g/mol. The fourth-order valence-corrected chi connectivity index (χ4v) is 4.11. The number of carbonyl (C=O) groups excluding carboxylic acids is 2. The van der Waals surface area contributed by atoms with Crippen molar-refractivity contribution in [3.63, 3.8) is 0 Å². The van der Waals surface area contributed by atoms with Crippen molar-refractivity contribution in [3.8, 4) is 5.75 Å². The molecule has 3 aromatic rings. The fraction of sp³-hybridized carbons (Fsp3) is 0.292. The van der Waals surface area contributed by atoms with E-state index < -0.39 is 23.6 Å². The summed E-state index contributed by atoms with van der Waals surface area (Å²) in [5.41, 5.74) is 6.85. The number of fused-ring (bicyclic) bond motifs is 1. The van der Waals surface area contributed by atoms with Crippen LogP contribution in [0.5, 0.6) is 5.75 Å². The maximum Gasteiger partial charge on any atom is 0.263 e. The standard InChI is InChI=1S/C24H23F2N3O3/c1-14(32-21-7-3-2-6-19(21)26)24(31)29-10-4-5-15(13-29)22-18(23(27)30)12-16-11-17(25)8-9-20(16)28-22/h2-3,6-9,11-12,14-15H,4-5,10,13H2,1H3,(H2,27,30)/t14-,15-/m0/s1. The number of hydrogen-bond acceptors (Lipinski definition) is 4. The first-order valence-electron chi connectivity index (χ1n) is 10.4. The number of para-hydroxylation sites is 1. The minimum absolute atomic E-state index is 0.0151. The number of primary amides is 1. The van der Waals surface area contributed by atoms with E-state index >= 15 is 0 Å². The van der Waals surface area contributed by atoms with E-state index in [0.29, 0.717) is 42.5 Å². The smallest absolute Gasteiger partial charge is 0.263 e. The van der Waals surface area contributed by atoms with Gasteiger partial charge in [-0.2, -0.15) is 0 Å². The normalized spacial score (nSPS) is 17.2. The molecular formula is C24H23F2N3O3. The average Bonchev–Trinajstić information content (AvgIpc) is 2.79. The monoisotopic (exact) mass is 439 g/mol. The van der Waals surface area contributed by atoms with Gasteiger partial charge in [0.25, 0.3) is 11.8 Å². The molecule has 1 aromatic heterocycles. The van der Waals surface area contributed by atoms with Gasteiger partial charge in [0.2, 0.25) is 0 Å². The number of benzene rings is 2. The van der Waals surface area contributed by atoms with Crippen molar-refractivity contribution < 1.29 is 23.1 Å². The van der Waals surface area contributed by atoms with Gasteiger partial charge in [-0.1, -0.05) is 12.1 Å². The lowest BCUT2D eigenvalue weighted by atomic mass is 9.90. The number of pyridine rings is 1. The van der Waals surface area contributed by atoms with Gasteiger partial charge >= 0.3 is 0 Å². The van der Waals surface area contributed by atoms with E-state index in [2.05, 4.69) is 4.98 Å². The molecule has 8 heteroatoms. The van der Waals surface area contributed by atoms with Crippen LogP contribution < -0.4 is 10.5 Å². The van der Waals surface area contributed by atoms with E-state index in [1.165, 1.54) is 24.3 Å². The third-order valence-electron chi connectivity index (χ3n) is 5.68. The summed E-state index contributed by atoms with van der Waals surface area (Å²) in [4.78, 5) is 31.3. The van der Waals surface area contributed by atoms with E-state index in [0.717, 1.165) is 0 Å². The summed E-state index contributed by atoms with van der Waals surface area (Å²) >= 11 is 0. The number of piperidine rings is 1. The van der Waals surface area contributed by atoms with E-state index in [4.69, 9.17) is 10.5 Å². The van der Waals surface area contributed by atoms with Crippen molar-refractivity contribution in [1.82, 2.24) is 9.88 Å². The first kappa shape index (κ1) is 21.7. The lowest BCUT2D eigenvalue weighted by Crippen LogP contribution is -2.45. The highest BCUT2D eigenvalue weighted by molar-refractivity contribution is 5.98. The summed E-state index contributed by atoms with van der Waals surface area (Å²) in [6, 6.07) is 11.6. The third kappa shape index (κ3) is 4.39. The summed E-state index contributed by atoms with van der Waals surface area (Å²) in [7, 11) is 0. The largest absolute Gasteiger partial charge is 0.478 e. The van der Waals surface area contributed by atoms with Crippen LogP contribution in [0.15, 0.2) is 48.5 Å². The van der Waals surface area contributed by atoms with Crippen LogP contribution >= 0.6 is 0 Å². The molecule has 0 radical (unpaired) electrons. The second-order valence-electron chi connectivity index (χ2n) is 7.94. The van der Waals surface area contributed by atoms with E-state index in [9.17, 15) is 18.4 Å². The first-order chi connectivity index (χ1) is 15.3. The fourth-order valence-electron chi connectivity index (χ4n) is 4.11. The van der Waals surface area contributed by atoms with Gasteiger partial charge in [0.05, 0.1) is 16.8 Å². The summed E-state index contributed by atoms with van der Waals surface area (Å²) in [6.07, 6.45) is 0.532. The number of nitrogens with zero attached hydrogens (tertiary/aromatic N) is 2. The van der Waals surface area contributed by atoms with Gasteiger partial charge in [0, 0.05) is 24.4 Å². The minimum atomic E-state index is -0.881. The molecule has 0 bridgehead atoms. The SMILES string of the molecule is C[C@H](Oc1ccccc1F)C(=O)N1CCC[C@H](c2nc3ccc(F)cc3cc2C(N)=O)C1. The predicted molar refractivity (Wildman–Crippen MR) is 115 cm³/mol. The molecule has 6 nitrogen and oxygen atoms in total. The van der Waals surface area contributed by atoms with Crippen molar-refractivity contribution >= 4 is 22.7 Å². The van der Waals surface area contributed by atoms with Crippen LogP contribution in [0.25, 0.3) is 10.9 Å². The number of amides is 2. The zero-order valence-electron chi connectivity index (χ0n) is 17.6. The van der Waals surface area contributed by atoms with Crippen molar-refractivity contribution in [2.45, 2.75) is 31.8 Å². The lowest BCUT2D eigenvalue weighted by Gasteiger charge is -2.34. The van der Waals surface area contributed by atoms with Gasteiger partial charge in [0.15, 0.2) is 17.7 Å². The molecule has 2 atom stereocenters. The Labute approximate surface area is 184 Å². The zero-order chi connectivity index (χ0) is 22.8. The van der Waals surface area contributed by atoms with Crippen LogP contribution in [0.3, 0.4) is 0 Å². The topological polar surface area (TPSA) is 85.5 Å². The maximum atomic E-state index is 13.9. The Morgan fingerprint density at radius 3 is 2.72 bits per heavy atom. The molecule has 166 valence electrons. The van der Waals surface area contributed by atoms with Crippen molar-refractivity contribution in [1.29, 1.82) is 0 Å². The Morgan fingerprint density at radius 1 is 1.19 bits per heavy atom. The Bertz CT molecular complexity index is 1180. The number of likely N-dealkylation sites (tertiary alicyclic amines) is 1. The molecule has 0 aliphatic carbocycles. The Kier molecular flexibility index (Phi) is 6.03. The molecule has 1 fully saturated rings. The van der Waals surface area contributed by atoms with Crippen LogP contribution in [0.2, 0.25) is 0 Å². The van der Waals surface area contributed by atoms with Gasteiger partial charge in [-0.05, 0) is 56.2 Å². The van der Waals surface area contributed by atoms with Gasteiger partial charge in [-0.25, -0.2) is 8.78 Å². The molecule has 2 aromatic carbocycles. The van der Waals surface area contributed by atoms with Gasteiger partial charge in [-0.15, -0.1) is 0 Å². The second kappa shape index (κ2) is 8.90. The number of carbonyl (C=O) groups is 2. The summed E-state index contributed by atoms with van der Waals surface area (Å²) in [6.45, 7) is 2.42. The Balaban J connectivity index is 1.57. The molecule has 1 aliphatic rings. The molecule has 2 N–H and O–H groups in total. The van der Waals surface area contributed by atoms with E-state index in [-0.39, 0.29) is 23.1 Å². The van der Waals surface area contributed by atoms with Crippen LogP contribution in [0.1, 0.15) is 41.7 Å². The molecule has 0 unspecified atom stereocenters. The molecule has 4 rings (SSSR count). The van der Waals surface area contributed by atoms with Gasteiger partial charge in [0.1, 0.15) is 5.82 Å². The number of aromatic nitrogens is 1. The molecule has 2 amide bonds. The molecule has 1 aliphatic heterocycles. The number of ether oxygens (including phenoxy) is 1. The molecule has 2 heterocycles.